The predicted octanol–water partition coefficient (Wildman–Crippen LogP) is 21.4. The molecule has 0 aliphatic heterocycles. The molecule has 0 saturated carbocycles. The molecule has 1 atom stereocenters. The topological polar surface area (TPSA) is 3.24 Å². The lowest BCUT2D eigenvalue weighted by Crippen LogP contribution is -2.28. The molecule has 0 aromatic heterocycles. The fourth-order valence-electron chi connectivity index (χ4n) is 13.4. The van der Waals surface area contributed by atoms with Gasteiger partial charge in [0.1, 0.15) is 0 Å². The second-order valence-corrected chi connectivity index (χ2v) is 24.7. The summed E-state index contributed by atoms with van der Waals surface area (Å²) in [4.78, 5) is 2.42. The average Bonchev–Trinajstić information content (AvgIpc) is 1.79. The van der Waals surface area contributed by atoms with E-state index in [1.807, 2.05) is 0 Å². The van der Waals surface area contributed by atoms with Crippen LogP contribution in [0.1, 0.15) is 164 Å². The Kier molecular flexibility index (Phi) is 16.4. The van der Waals surface area contributed by atoms with E-state index in [9.17, 15) is 0 Å². The Bertz CT molecular complexity index is 3940. The number of fused-ring (bicyclic) bond motifs is 6. The van der Waals surface area contributed by atoms with E-state index in [2.05, 4.69) is 279 Å². The molecule has 2 aliphatic rings. The summed E-state index contributed by atoms with van der Waals surface area (Å²) in [5.74, 6) is 14.8. The molecule has 0 saturated heterocycles. The molecule has 9 aromatic rings. The highest BCUT2D eigenvalue weighted by Gasteiger charge is 2.46. The summed E-state index contributed by atoms with van der Waals surface area (Å²) >= 11 is 0. The van der Waals surface area contributed by atoms with Crippen molar-refractivity contribution in [1.82, 2.24) is 0 Å². The number of hydrogen-bond donors (Lipinski definition) is 0. The zero-order valence-corrected chi connectivity index (χ0v) is 50.5. The van der Waals surface area contributed by atoms with Gasteiger partial charge < -0.3 is 4.90 Å². The highest BCUT2D eigenvalue weighted by molar-refractivity contribution is 5.91. The minimum atomic E-state index is -0.520. The van der Waals surface area contributed by atoms with Gasteiger partial charge in [-0.1, -0.05) is 230 Å². The van der Waals surface area contributed by atoms with Gasteiger partial charge in [-0.15, -0.1) is 6.42 Å². The summed E-state index contributed by atoms with van der Waals surface area (Å²) in [7, 11) is 0. The van der Waals surface area contributed by atoms with E-state index < -0.39 is 5.41 Å². The van der Waals surface area contributed by atoms with E-state index in [-0.39, 0.29) is 11.3 Å². The van der Waals surface area contributed by atoms with Gasteiger partial charge in [-0.25, -0.2) is 0 Å². The number of nitrogens with zero attached hydrogens (tertiary/aromatic N) is 1. The van der Waals surface area contributed by atoms with E-state index in [0.29, 0.717) is 0 Å². The normalized spacial score (nSPS) is 13.4. The lowest BCUT2D eigenvalue weighted by molar-refractivity contribution is 0.589. The van der Waals surface area contributed by atoms with E-state index >= 15 is 0 Å². The number of anilines is 3. The van der Waals surface area contributed by atoms with Crippen molar-refractivity contribution >= 4 is 17.1 Å². The molecule has 0 fully saturated rings. The van der Waals surface area contributed by atoms with E-state index in [1.54, 1.807) is 0 Å². The maximum absolute atomic E-state index is 5.62. The Morgan fingerprint density at radius 3 is 1.42 bits per heavy atom. The van der Waals surface area contributed by atoms with Crippen LogP contribution in [-0.2, 0) is 23.7 Å². The highest BCUT2D eigenvalue weighted by Crippen LogP contribution is 2.58. The van der Waals surface area contributed by atoms with Crippen molar-refractivity contribution < 1.29 is 0 Å². The SMILES string of the molecule is C#CC#CC#CC1c2cc(-c3ccc(N(c4ccc(C)cc4)c4c(C)cc(C(C)(C)C)cc4C)cc3)ccc2-c2ccc(-c3ccc4c(c3)C(c3ccc(CCCCCC)cc3)(c3ccc(CCCCCC)cc3)c3cc(C)ccc3-4)cc21. The van der Waals surface area contributed by atoms with Gasteiger partial charge in [0, 0.05) is 11.4 Å². The largest absolute Gasteiger partial charge is 0.310 e. The molecule has 412 valence electrons. The number of unbranched alkanes of at least 4 members (excludes halogenated alkanes) is 6. The molecule has 0 amide bonds. The molecule has 0 N–H and O–H groups in total. The highest BCUT2D eigenvalue weighted by atomic mass is 15.1. The number of hydrogen-bond acceptors (Lipinski definition) is 1. The van der Waals surface area contributed by atoms with Gasteiger partial charge in [0.05, 0.1) is 17.0 Å². The molecule has 1 heteroatoms. The molecule has 0 radical (unpaired) electrons. The van der Waals surface area contributed by atoms with Crippen molar-refractivity contribution in [2.24, 2.45) is 0 Å². The summed E-state index contributed by atoms with van der Waals surface area (Å²) in [6.45, 7) is 20.3. The van der Waals surface area contributed by atoms with Gasteiger partial charge >= 0.3 is 0 Å². The summed E-state index contributed by atoms with van der Waals surface area (Å²) in [5, 5.41) is 0. The van der Waals surface area contributed by atoms with Gasteiger partial charge in [0.25, 0.3) is 0 Å². The molecule has 2 aliphatic carbocycles. The summed E-state index contributed by atoms with van der Waals surface area (Å²) in [6.07, 6.45) is 17.9. The first kappa shape index (κ1) is 56.3. The molecule has 0 bridgehead atoms. The van der Waals surface area contributed by atoms with E-state index in [1.165, 1.54) is 163 Å². The lowest BCUT2D eigenvalue weighted by atomic mass is 9.67. The minimum absolute atomic E-state index is 0.0500. The molecule has 1 nitrogen and oxygen atoms in total. The number of rotatable bonds is 17. The van der Waals surface area contributed by atoms with Crippen LogP contribution >= 0.6 is 0 Å². The Balaban J connectivity index is 0.982. The third kappa shape index (κ3) is 11.1. The quantitative estimate of drug-likeness (QED) is 0.0649. The second-order valence-electron chi connectivity index (χ2n) is 24.7. The van der Waals surface area contributed by atoms with Gasteiger partial charge in [-0.2, -0.15) is 0 Å². The molecule has 1 unspecified atom stereocenters. The molecule has 11 rings (SSSR count). The average molecular weight is 1080 g/mol. The van der Waals surface area contributed by atoms with Crippen molar-refractivity contribution in [3.63, 3.8) is 0 Å². The van der Waals surface area contributed by atoms with Crippen molar-refractivity contribution in [2.45, 2.75) is 143 Å². The van der Waals surface area contributed by atoms with Gasteiger partial charge in [0.15, 0.2) is 0 Å². The molecule has 9 aromatic carbocycles. The maximum atomic E-state index is 5.62. The van der Waals surface area contributed by atoms with Crippen LogP contribution < -0.4 is 4.90 Å². The molecule has 0 heterocycles. The third-order valence-corrected chi connectivity index (χ3v) is 17.8. The van der Waals surface area contributed by atoms with Crippen LogP contribution in [0.25, 0.3) is 44.5 Å². The van der Waals surface area contributed by atoms with Crippen LogP contribution in [0.3, 0.4) is 0 Å². The van der Waals surface area contributed by atoms with Crippen LogP contribution in [0.2, 0.25) is 0 Å². The van der Waals surface area contributed by atoms with Crippen molar-refractivity contribution in [3.05, 3.63) is 254 Å². The fraction of sp³-hybridized carbons (Fsp3) is 0.268. The third-order valence-electron chi connectivity index (χ3n) is 17.8. The van der Waals surface area contributed by atoms with E-state index in [0.717, 1.165) is 35.3 Å². The fourth-order valence-corrected chi connectivity index (χ4v) is 13.4. The van der Waals surface area contributed by atoms with Crippen molar-refractivity contribution in [2.75, 3.05) is 4.90 Å². The minimum Gasteiger partial charge on any atom is -0.310 e. The van der Waals surface area contributed by atoms with Gasteiger partial charge in [-0.3, -0.25) is 0 Å². The Labute approximate surface area is 497 Å². The van der Waals surface area contributed by atoms with Crippen molar-refractivity contribution in [3.8, 4) is 80.5 Å². The lowest BCUT2D eigenvalue weighted by Gasteiger charge is -2.34. The Hall–Kier alpha value is -8.54. The summed E-state index contributed by atoms with van der Waals surface area (Å²) in [5.41, 5.74) is 29.5. The van der Waals surface area contributed by atoms with Crippen LogP contribution in [0.5, 0.6) is 0 Å². The summed E-state index contributed by atoms with van der Waals surface area (Å²) in [6, 6.07) is 70.4. The number of terminal acetylenes is 1. The van der Waals surface area contributed by atoms with Gasteiger partial charge in [-0.05, 0) is 231 Å². The van der Waals surface area contributed by atoms with Crippen LogP contribution in [0.15, 0.2) is 182 Å². The van der Waals surface area contributed by atoms with Crippen LogP contribution in [-0.4, -0.2) is 0 Å². The van der Waals surface area contributed by atoms with Gasteiger partial charge in [0.2, 0.25) is 0 Å². The smallest absolute Gasteiger partial charge is 0.0724 e. The second kappa shape index (κ2) is 24.1. The predicted molar refractivity (Wildman–Crippen MR) is 354 cm³/mol. The zero-order valence-electron chi connectivity index (χ0n) is 50.5. The first-order valence-corrected chi connectivity index (χ1v) is 30.6. The molecular formula is C82H79N. The first-order valence-electron chi connectivity index (χ1n) is 30.6. The Morgan fingerprint density at radius 1 is 0.446 bits per heavy atom. The molecular weight excluding hydrogens is 999 g/mol. The Morgan fingerprint density at radius 2 is 0.904 bits per heavy atom. The molecule has 83 heavy (non-hydrogen) atoms. The van der Waals surface area contributed by atoms with Crippen LogP contribution in [0, 0.1) is 63.7 Å². The van der Waals surface area contributed by atoms with Crippen LogP contribution in [0.4, 0.5) is 17.1 Å². The molecule has 0 spiro atoms. The van der Waals surface area contributed by atoms with E-state index in [4.69, 9.17) is 6.42 Å². The summed E-state index contributed by atoms with van der Waals surface area (Å²) < 4.78 is 0. The standard InChI is InChI=1S/C82H79N/c1-11-14-17-20-23-60-29-38-66(39-30-60)82(67-40-31-61(32-41-67)24-21-18-15-12-2)78-50-57(5)28-46-74(78)75-49-37-65(55-79(75)82)64-36-48-73-72-47-35-63(53-76(72)71(77(73)54-64)25-22-19-16-13-3)62-33-44-70(45-34-62)83(69-42-26-56(4)27-43-69)80-58(6)51-68(52-59(80)7)81(8,9)10/h3,26-55,71H,11-12,14-15,17-18,20-21,23-24H2,1-2,4-10H3. The van der Waals surface area contributed by atoms with Crippen molar-refractivity contribution in [1.29, 1.82) is 0 Å². The zero-order chi connectivity index (χ0) is 57.8. The monoisotopic (exact) mass is 1080 g/mol. The maximum Gasteiger partial charge on any atom is 0.0724 e. The number of benzene rings is 9. The first-order chi connectivity index (χ1) is 40.3. The number of aryl methyl sites for hydroxylation is 6.